The molecule has 3 rings (SSSR count). The van der Waals surface area contributed by atoms with Crippen molar-refractivity contribution in [1.82, 2.24) is 14.8 Å². The molecule has 4 atom stereocenters. The third-order valence-corrected chi connectivity index (χ3v) is 5.38. The summed E-state index contributed by atoms with van der Waals surface area (Å²) in [6.45, 7) is 6.16. The van der Waals surface area contributed by atoms with Crippen LogP contribution in [0.2, 0.25) is 0 Å². The summed E-state index contributed by atoms with van der Waals surface area (Å²) in [5.41, 5.74) is 0.879. The molecule has 6 nitrogen and oxygen atoms in total. The molecular formula is C18H27N3O3. The molecule has 2 aliphatic rings. The van der Waals surface area contributed by atoms with E-state index in [1.807, 2.05) is 13.0 Å². The van der Waals surface area contributed by atoms with Crippen molar-refractivity contribution >= 4 is 5.91 Å². The molecular weight excluding hydrogens is 306 g/mol. The summed E-state index contributed by atoms with van der Waals surface area (Å²) < 4.78 is 1.79. The van der Waals surface area contributed by atoms with Crippen molar-refractivity contribution in [1.29, 1.82) is 0 Å². The van der Waals surface area contributed by atoms with E-state index in [1.165, 1.54) is 0 Å². The van der Waals surface area contributed by atoms with Crippen LogP contribution in [-0.2, 0) is 11.3 Å². The van der Waals surface area contributed by atoms with Gasteiger partial charge in [-0.15, -0.1) is 0 Å². The molecule has 2 N–H and O–H groups in total. The first-order valence-corrected chi connectivity index (χ1v) is 8.98. The first-order chi connectivity index (χ1) is 11.6. The molecule has 3 heterocycles. The minimum atomic E-state index is -0.311. The standard InChI is InChI=1S/C18H27N3O3/c1-3-8-19-18(24)16-12(11-22)14-10-21-13(6-5-7-15(21)23)17(16)20(14)9-4-2/h5-7,12,14,16-17,22H,3-4,8-11H2,1-2H3,(H,19,24)/t12-,14-,16+,17+/m1/s1. The Labute approximate surface area is 142 Å². The normalized spacial score (nSPS) is 28.6. The Hall–Kier alpha value is -1.66. The summed E-state index contributed by atoms with van der Waals surface area (Å²) in [4.78, 5) is 27.4. The van der Waals surface area contributed by atoms with Crippen molar-refractivity contribution in [3.63, 3.8) is 0 Å². The predicted octanol–water partition coefficient (Wildman–Crippen LogP) is 0.748. The van der Waals surface area contributed by atoms with Crippen molar-refractivity contribution in [3.8, 4) is 0 Å². The number of fused-ring (bicyclic) bond motifs is 4. The highest BCUT2D eigenvalue weighted by Gasteiger charge is 2.55. The summed E-state index contributed by atoms with van der Waals surface area (Å²) in [6, 6.07) is 5.19. The van der Waals surface area contributed by atoms with Gasteiger partial charge in [0.1, 0.15) is 0 Å². The number of carbonyl (C=O) groups excluding carboxylic acids is 1. The Morgan fingerprint density at radius 2 is 2.12 bits per heavy atom. The molecule has 0 unspecified atom stereocenters. The van der Waals surface area contributed by atoms with Crippen LogP contribution in [0.3, 0.4) is 0 Å². The smallest absolute Gasteiger partial charge is 0.250 e. The lowest BCUT2D eigenvalue weighted by molar-refractivity contribution is -0.127. The van der Waals surface area contributed by atoms with Gasteiger partial charge in [0.15, 0.2) is 0 Å². The Bertz CT molecular complexity index is 657. The highest BCUT2D eigenvalue weighted by molar-refractivity contribution is 5.80. The van der Waals surface area contributed by atoms with Crippen LogP contribution in [0.5, 0.6) is 0 Å². The van der Waals surface area contributed by atoms with E-state index in [-0.39, 0.29) is 42.0 Å². The molecule has 1 saturated heterocycles. The van der Waals surface area contributed by atoms with Crippen LogP contribution in [-0.4, -0.2) is 46.2 Å². The molecule has 0 spiro atoms. The summed E-state index contributed by atoms with van der Waals surface area (Å²) >= 11 is 0. The summed E-state index contributed by atoms with van der Waals surface area (Å²) in [5, 5.41) is 13.0. The van der Waals surface area contributed by atoms with Crippen LogP contribution >= 0.6 is 0 Å². The number of hydrogen-bond donors (Lipinski definition) is 2. The van der Waals surface area contributed by atoms with Gasteiger partial charge in [0.05, 0.1) is 12.0 Å². The third-order valence-electron chi connectivity index (χ3n) is 5.38. The van der Waals surface area contributed by atoms with Gasteiger partial charge in [0.25, 0.3) is 5.56 Å². The minimum Gasteiger partial charge on any atom is -0.396 e. The zero-order chi connectivity index (χ0) is 17.3. The number of aliphatic hydroxyl groups excluding tert-OH is 1. The van der Waals surface area contributed by atoms with Gasteiger partial charge in [-0.3, -0.25) is 14.5 Å². The minimum absolute atomic E-state index is 0.00532. The topological polar surface area (TPSA) is 74.6 Å². The lowest BCUT2D eigenvalue weighted by Crippen LogP contribution is -2.46. The van der Waals surface area contributed by atoms with Crippen LogP contribution in [0.15, 0.2) is 23.0 Å². The predicted molar refractivity (Wildman–Crippen MR) is 91.6 cm³/mol. The number of aliphatic hydroxyl groups is 1. The maximum absolute atomic E-state index is 12.8. The number of hydrogen-bond acceptors (Lipinski definition) is 4. The molecule has 132 valence electrons. The van der Waals surface area contributed by atoms with E-state index in [0.717, 1.165) is 25.1 Å². The van der Waals surface area contributed by atoms with Gasteiger partial charge >= 0.3 is 0 Å². The largest absolute Gasteiger partial charge is 0.396 e. The number of aromatic nitrogens is 1. The zero-order valence-corrected chi connectivity index (χ0v) is 14.4. The molecule has 2 bridgehead atoms. The average molecular weight is 333 g/mol. The van der Waals surface area contributed by atoms with Gasteiger partial charge in [-0.2, -0.15) is 0 Å². The molecule has 1 amide bonds. The fraction of sp³-hybridized carbons (Fsp3) is 0.667. The molecule has 0 aliphatic carbocycles. The highest BCUT2D eigenvalue weighted by Crippen LogP contribution is 2.48. The van der Waals surface area contributed by atoms with Gasteiger partial charge in [0.2, 0.25) is 5.91 Å². The molecule has 6 heteroatoms. The number of nitrogens with one attached hydrogen (secondary N) is 1. The van der Waals surface area contributed by atoms with E-state index < -0.39 is 0 Å². The molecule has 1 aromatic heterocycles. The first kappa shape index (κ1) is 17.2. The number of carbonyl (C=O) groups is 1. The quantitative estimate of drug-likeness (QED) is 0.806. The van der Waals surface area contributed by atoms with Crippen LogP contribution in [0, 0.1) is 11.8 Å². The summed E-state index contributed by atoms with van der Waals surface area (Å²) in [7, 11) is 0. The number of nitrogens with zero attached hydrogens (tertiary/aromatic N) is 2. The van der Waals surface area contributed by atoms with E-state index in [1.54, 1.807) is 16.7 Å². The van der Waals surface area contributed by atoms with E-state index in [2.05, 4.69) is 17.1 Å². The van der Waals surface area contributed by atoms with Crippen molar-refractivity contribution in [3.05, 3.63) is 34.2 Å². The second-order valence-electron chi connectivity index (χ2n) is 6.81. The molecule has 0 radical (unpaired) electrons. The SMILES string of the molecule is CCCNC(=O)[C@H]1[C@H](CO)[C@H]2Cn3c(cccc3=O)[C@@H]1N2CCC. The van der Waals surface area contributed by atoms with Crippen LogP contribution < -0.4 is 10.9 Å². The number of amides is 1. The molecule has 0 saturated carbocycles. The van der Waals surface area contributed by atoms with Gasteiger partial charge in [-0.25, -0.2) is 0 Å². The lowest BCUT2D eigenvalue weighted by Gasteiger charge is -2.37. The molecule has 24 heavy (non-hydrogen) atoms. The molecule has 1 fully saturated rings. The number of rotatable bonds is 6. The average Bonchev–Trinajstić information content (AvgIpc) is 2.79. The van der Waals surface area contributed by atoms with E-state index in [0.29, 0.717) is 13.1 Å². The van der Waals surface area contributed by atoms with E-state index >= 15 is 0 Å². The van der Waals surface area contributed by atoms with Crippen LogP contribution in [0.4, 0.5) is 0 Å². The zero-order valence-electron chi connectivity index (χ0n) is 14.4. The molecule has 2 aliphatic heterocycles. The summed E-state index contributed by atoms with van der Waals surface area (Å²) in [6.07, 6.45) is 1.86. The maximum Gasteiger partial charge on any atom is 0.250 e. The van der Waals surface area contributed by atoms with Crippen molar-refractivity contribution in [2.75, 3.05) is 19.7 Å². The van der Waals surface area contributed by atoms with E-state index in [4.69, 9.17) is 0 Å². The van der Waals surface area contributed by atoms with Crippen LogP contribution in [0.25, 0.3) is 0 Å². The Kier molecular flexibility index (Phi) is 5.06. The fourth-order valence-corrected chi connectivity index (χ4v) is 4.41. The Morgan fingerprint density at radius 3 is 2.79 bits per heavy atom. The lowest BCUT2D eigenvalue weighted by atomic mass is 9.86. The first-order valence-electron chi connectivity index (χ1n) is 8.98. The van der Waals surface area contributed by atoms with E-state index in [9.17, 15) is 14.7 Å². The second kappa shape index (κ2) is 7.07. The monoisotopic (exact) mass is 333 g/mol. The summed E-state index contributed by atoms with van der Waals surface area (Å²) in [5.74, 6) is -0.458. The van der Waals surface area contributed by atoms with Crippen molar-refractivity contribution < 1.29 is 9.90 Å². The molecule has 0 aromatic carbocycles. The third kappa shape index (κ3) is 2.67. The molecule has 1 aromatic rings. The maximum atomic E-state index is 12.8. The van der Waals surface area contributed by atoms with Crippen molar-refractivity contribution in [2.24, 2.45) is 11.8 Å². The van der Waals surface area contributed by atoms with Gasteiger partial charge in [-0.05, 0) is 25.5 Å². The second-order valence-corrected chi connectivity index (χ2v) is 6.81. The van der Waals surface area contributed by atoms with Gasteiger partial charge in [-0.1, -0.05) is 19.9 Å². The Balaban J connectivity index is 2.05. The van der Waals surface area contributed by atoms with Crippen LogP contribution in [0.1, 0.15) is 38.4 Å². The fourth-order valence-electron chi connectivity index (χ4n) is 4.41. The van der Waals surface area contributed by atoms with Gasteiger partial charge in [0, 0.05) is 43.4 Å². The van der Waals surface area contributed by atoms with Crippen molar-refractivity contribution in [2.45, 2.75) is 45.3 Å². The Morgan fingerprint density at radius 1 is 1.33 bits per heavy atom. The highest BCUT2D eigenvalue weighted by atomic mass is 16.3. The van der Waals surface area contributed by atoms with Gasteiger partial charge < -0.3 is 15.0 Å². The number of pyridine rings is 1.